The number of ether oxygens (including phenoxy) is 1. The summed E-state index contributed by atoms with van der Waals surface area (Å²) in [6.45, 7) is 7.66. The highest BCUT2D eigenvalue weighted by Crippen LogP contribution is 2.12. The highest BCUT2D eigenvalue weighted by Gasteiger charge is 2.19. The van der Waals surface area contributed by atoms with Crippen LogP contribution in [0.5, 0.6) is 0 Å². The van der Waals surface area contributed by atoms with Gasteiger partial charge in [0, 0.05) is 6.61 Å². The van der Waals surface area contributed by atoms with Crippen molar-refractivity contribution >= 4 is 0 Å². The zero-order valence-corrected chi connectivity index (χ0v) is 16.2. The fourth-order valence-corrected chi connectivity index (χ4v) is 2.72. The van der Waals surface area contributed by atoms with Gasteiger partial charge in [0.25, 0.3) is 0 Å². The van der Waals surface area contributed by atoms with Crippen LogP contribution in [-0.2, 0) is 4.74 Å². The third kappa shape index (κ3) is 16.5. The summed E-state index contributed by atoms with van der Waals surface area (Å²) in [7, 11) is 4.35. The minimum Gasteiger partial charge on any atom is -1.00 e. The van der Waals surface area contributed by atoms with Crippen molar-refractivity contribution in [2.75, 3.05) is 40.4 Å². The lowest BCUT2D eigenvalue weighted by Crippen LogP contribution is -3.00. The summed E-state index contributed by atoms with van der Waals surface area (Å²) in [6.07, 6.45) is 11.4. The summed E-state index contributed by atoms with van der Waals surface area (Å²) >= 11 is 0. The molecule has 0 radical (unpaired) electrons. The average molecular weight is 338 g/mol. The monoisotopic (exact) mass is 337 g/mol. The van der Waals surface area contributed by atoms with Gasteiger partial charge in [-0.3, -0.25) is 0 Å². The molecule has 1 atom stereocenters. The minimum atomic E-state index is -0.165. The molecule has 4 heteroatoms. The van der Waals surface area contributed by atoms with Gasteiger partial charge in [0.1, 0.15) is 19.2 Å². The summed E-state index contributed by atoms with van der Waals surface area (Å²) < 4.78 is 6.25. The van der Waals surface area contributed by atoms with E-state index in [1.165, 1.54) is 51.4 Å². The van der Waals surface area contributed by atoms with Crippen LogP contribution in [0, 0.1) is 0 Å². The van der Waals surface area contributed by atoms with Gasteiger partial charge < -0.3 is 26.7 Å². The second-order valence-electron chi connectivity index (χ2n) is 6.96. The Hall–Kier alpha value is 0.170. The van der Waals surface area contributed by atoms with Gasteiger partial charge in [0.15, 0.2) is 0 Å². The quantitative estimate of drug-likeness (QED) is 0.357. The summed E-state index contributed by atoms with van der Waals surface area (Å²) in [5, 5.41) is 10.2. The van der Waals surface area contributed by atoms with E-state index < -0.39 is 0 Å². The van der Waals surface area contributed by atoms with Crippen molar-refractivity contribution in [1.29, 1.82) is 0 Å². The molecule has 1 unspecified atom stereocenters. The number of aliphatic hydroxyl groups excluding tert-OH is 1. The molecule has 0 saturated carbocycles. The van der Waals surface area contributed by atoms with Gasteiger partial charge in [0.05, 0.1) is 20.7 Å². The maximum Gasteiger partial charge on any atom is 0.105 e. The molecule has 0 bridgehead atoms. The van der Waals surface area contributed by atoms with E-state index >= 15 is 0 Å². The highest BCUT2D eigenvalue weighted by atomic mass is 35.5. The fraction of sp³-hybridized carbons (Fsp3) is 1.00. The number of halogens is 1. The van der Waals surface area contributed by atoms with Crippen LogP contribution < -0.4 is 12.4 Å². The Kier molecular flexibility index (Phi) is 17.8. The van der Waals surface area contributed by atoms with Crippen molar-refractivity contribution in [2.45, 2.75) is 77.7 Å². The van der Waals surface area contributed by atoms with E-state index in [0.717, 1.165) is 37.2 Å². The van der Waals surface area contributed by atoms with Crippen molar-refractivity contribution < 1.29 is 26.7 Å². The van der Waals surface area contributed by atoms with Crippen LogP contribution in [0.15, 0.2) is 0 Å². The maximum atomic E-state index is 10.2. The van der Waals surface area contributed by atoms with Gasteiger partial charge >= 0.3 is 0 Å². The molecular weight excluding hydrogens is 298 g/mol. The topological polar surface area (TPSA) is 29.5 Å². The van der Waals surface area contributed by atoms with Crippen LogP contribution in [0.4, 0.5) is 0 Å². The van der Waals surface area contributed by atoms with Gasteiger partial charge in [-0.2, -0.15) is 0 Å². The van der Waals surface area contributed by atoms with Crippen molar-refractivity contribution in [3.05, 3.63) is 0 Å². The molecule has 0 heterocycles. The van der Waals surface area contributed by atoms with Crippen LogP contribution in [-0.4, -0.2) is 56.1 Å². The van der Waals surface area contributed by atoms with E-state index in [1.807, 2.05) is 6.92 Å². The summed E-state index contributed by atoms with van der Waals surface area (Å²) in [6, 6.07) is 0. The van der Waals surface area contributed by atoms with E-state index in [9.17, 15) is 5.11 Å². The molecule has 0 saturated heterocycles. The van der Waals surface area contributed by atoms with Crippen molar-refractivity contribution in [2.24, 2.45) is 0 Å². The number of hydrogen-bond donors (Lipinski definition) is 1. The number of nitrogens with zero attached hydrogens (tertiary/aromatic N) is 1. The third-order valence-corrected chi connectivity index (χ3v) is 4.14. The first kappa shape index (κ1) is 24.4. The Morgan fingerprint density at radius 1 is 0.909 bits per heavy atom. The normalized spacial score (nSPS) is 13.0. The first-order valence-electron chi connectivity index (χ1n) is 9.09. The summed E-state index contributed by atoms with van der Waals surface area (Å²) in [5.74, 6) is 0. The Morgan fingerprint density at radius 2 is 1.45 bits per heavy atom. The lowest BCUT2D eigenvalue weighted by Gasteiger charge is -2.31. The van der Waals surface area contributed by atoms with Crippen LogP contribution in [0.1, 0.15) is 71.6 Å². The molecule has 0 aliphatic carbocycles. The van der Waals surface area contributed by atoms with Crippen LogP contribution >= 0.6 is 0 Å². The zero-order chi connectivity index (χ0) is 16.0. The maximum absolute atomic E-state index is 10.2. The molecule has 0 aliphatic heterocycles. The van der Waals surface area contributed by atoms with Gasteiger partial charge in [-0.1, -0.05) is 58.3 Å². The number of likely N-dealkylation sites (N-methyl/N-ethyl adjacent to an activating group) is 1. The zero-order valence-electron chi connectivity index (χ0n) is 15.5. The molecule has 0 aromatic carbocycles. The molecule has 3 nitrogen and oxygen atoms in total. The van der Waals surface area contributed by atoms with E-state index in [2.05, 4.69) is 21.0 Å². The second-order valence-corrected chi connectivity index (χ2v) is 6.96. The standard InChI is InChI=1S/C18H40NO2.ClH/c1-5-7-8-9-10-11-12-13-14-18(20)17-19(3,4)15-16-21-6-2;/h18,20H,5-17H2,1-4H3;1H/q+1;/p-1. The van der Waals surface area contributed by atoms with Crippen molar-refractivity contribution in [3.63, 3.8) is 0 Å². The van der Waals surface area contributed by atoms with Gasteiger partial charge in [-0.15, -0.1) is 0 Å². The lowest BCUT2D eigenvalue weighted by molar-refractivity contribution is -0.893. The Morgan fingerprint density at radius 3 is 2.00 bits per heavy atom. The molecule has 136 valence electrons. The van der Waals surface area contributed by atoms with Crippen molar-refractivity contribution in [3.8, 4) is 0 Å². The first-order valence-corrected chi connectivity index (χ1v) is 9.09. The molecule has 0 fully saturated rings. The molecular formula is C18H40ClNO2. The van der Waals surface area contributed by atoms with E-state index in [4.69, 9.17) is 4.74 Å². The molecule has 0 spiro atoms. The predicted octanol–water partition coefficient (Wildman–Crippen LogP) is 0.995. The molecule has 0 amide bonds. The van der Waals surface area contributed by atoms with Gasteiger partial charge in [0.2, 0.25) is 0 Å². The van der Waals surface area contributed by atoms with Gasteiger partial charge in [-0.25, -0.2) is 0 Å². The SMILES string of the molecule is CCCCCCCCCCC(O)C[N+](C)(C)CCOCC.[Cl-]. The Labute approximate surface area is 145 Å². The fourth-order valence-electron chi connectivity index (χ4n) is 2.72. The highest BCUT2D eigenvalue weighted by molar-refractivity contribution is 4.56. The molecule has 0 aliphatic rings. The average Bonchev–Trinajstić information content (AvgIpc) is 2.41. The third-order valence-electron chi connectivity index (χ3n) is 4.14. The number of unbranched alkanes of at least 4 members (excludes halogenated alkanes) is 7. The molecule has 22 heavy (non-hydrogen) atoms. The van der Waals surface area contributed by atoms with E-state index in [0.29, 0.717) is 0 Å². The van der Waals surface area contributed by atoms with Crippen LogP contribution in [0.25, 0.3) is 0 Å². The molecule has 0 rings (SSSR count). The van der Waals surface area contributed by atoms with Gasteiger partial charge in [-0.05, 0) is 13.3 Å². The minimum absolute atomic E-state index is 0. The Balaban J connectivity index is 0. The lowest BCUT2D eigenvalue weighted by atomic mass is 10.1. The smallest absolute Gasteiger partial charge is 0.105 e. The number of aliphatic hydroxyl groups is 1. The number of hydrogen-bond acceptors (Lipinski definition) is 2. The van der Waals surface area contributed by atoms with E-state index in [1.54, 1.807) is 0 Å². The van der Waals surface area contributed by atoms with E-state index in [-0.39, 0.29) is 18.5 Å². The largest absolute Gasteiger partial charge is 1.00 e. The Bertz CT molecular complexity index is 225. The molecule has 0 aromatic rings. The molecule has 0 aromatic heterocycles. The summed E-state index contributed by atoms with van der Waals surface area (Å²) in [5.41, 5.74) is 0. The van der Waals surface area contributed by atoms with Crippen molar-refractivity contribution in [1.82, 2.24) is 0 Å². The predicted molar refractivity (Wildman–Crippen MR) is 91.6 cm³/mol. The van der Waals surface area contributed by atoms with Crippen LogP contribution in [0.2, 0.25) is 0 Å². The number of rotatable bonds is 15. The molecule has 1 N–H and O–H groups in total. The first-order chi connectivity index (χ1) is 10.0. The number of quaternary nitrogens is 1. The summed E-state index contributed by atoms with van der Waals surface area (Å²) in [4.78, 5) is 0. The second kappa shape index (κ2) is 16.0. The van der Waals surface area contributed by atoms with Crippen LogP contribution in [0.3, 0.4) is 0 Å².